The lowest BCUT2D eigenvalue weighted by Crippen LogP contribution is -2.31. The highest BCUT2D eigenvalue weighted by molar-refractivity contribution is 7.16. The molecule has 0 saturated carbocycles. The first-order chi connectivity index (χ1) is 11.0. The summed E-state index contributed by atoms with van der Waals surface area (Å²) in [6.45, 7) is 3.66. The maximum absolute atomic E-state index is 12.3. The number of aliphatic hydroxyl groups is 1. The molecule has 4 N–H and O–H groups in total. The maximum Gasteiger partial charge on any atom is 0.339 e. The molecule has 0 saturated heterocycles. The van der Waals surface area contributed by atoms with Crippen LogP contribution in [0.2, 0.25) is 0 Å². The van der Waals surface area contributed by atoms with Gasteiger partial charge >= 0.3 is 5.97 Å². The average molecular weight is 332 g/mol. The van der Waals surface area contributed by atoms with Crippen LogP contribution in [0.5, 0.6) is 0 Å². The summed E-state index contributed by atoms with van der Waals surface area (Å²) in [5.74, 6) is 4.98. The molecule has 0 radical (unpaired) electrons. The molecule has 23 heavy (non-hydrogen) atoms. The summed E-state index contributed by atoms with van der Waals surface area (Å²) in [6.07, 6.45) is 1.87. The number of carbonyl (C=O) groups excluding carboxylic acids is 1. The lowest BCUT2D eigenvalue weighted by molar-refractivity contribution is -0.137. The van der Waals surface area contributed by atoms with Crippen LogP contribution in [-0.2, 0) is 22.4 Å². The maximum atomic E-state index is 12.3. The molecule has 2 heterocycles. The number of rotatable bonds is 2. The number of fused-ring (bicyclic) bond motifs is 3. The van der Waals surface area contributed by atoms with Gasteiger partial charge in [0, 0.05) is 16.9 Å². The van der Waals surface area contributed by atoms with Gasteiger partial charge < -0.3 is 20.9 Å². The van der Waals surface area contributed by atoms with Crippen LogP contribution in [0.4, 0.5) is 5.00 Å². The third-order valence-corrected chi connectivity index (χ3v) is 5.44. The molecule has 0 amide bonds. The first kappa shape index (κ1) is 15.9. The third kappa shape index (κ3) is 2.82. The van der Waals surface area contributed by atoms with Crippen LogP contribution in [0.25, 0.3) is 5.70 Å². The van der Waals surface area contributed by atoms with Crippen molar-refractivity contribution in [1.82, 2.24) is 0 Å². The molecule has 3 rings (SSSR count). The van der Waals surface area contributed by atoms with Gasteiger partial charge in [0.1, 0.15) is 0 Å². The van der Waals surface area contributed by atoms with E-state index >= 15 is 0 Å². The Morgan fingerprint density at radius 3 is 3.09 bits per heavy atom. The van der Waals surface area contributed by atoms with E-state index in [1.54, 1.807) is 18.3 Å². The van der Waals surface area contributed by atoms with Gasteiger partial charge in [0.2, 0.25) is 0 Å². The summed E-state index contributed by atoms with van der Waals surface area (Å²) in [7, 11) is 0. The Balaban J connectivity index is 1.98. The fourth-order valence-electron chi connectivity index (χ4n) is 3.13. The van der Waals surface area contributed by atoms with E-state index in [-0.39, 0.29) is 18.8 Å². The number of hydrogen-bond acceptors (Lipinski definition) is 6. The van der Waals surface area contributed by atoms with Gasteiger partial charge in [-0.2, -0.15) is 0 Å². The van der Waals surface area contributed by atoms with Crippen molar-refractivity contribution in [2.75, 3.05) is 11.9 Å². The Bertz CT molecular complexity index is 739. The molecule has 1 aromatic heterocycles. The zero-order chi connectivity index (χ0) is 16.6. The molecule has 122 valence electrons. The van der Waals surface area contributed by atoms with Crippen molar-refractivity contribution in [3.63, 3.8) is 0 Å². The second-order valence-electron chi connectivity index (χ2n) is 5.80. The fourth-order valence-corrected chi connectivity index (χ4v) is 4.55. The molecule has 0 unspecified atom stereocenters. The molecular formula is C17H20N2O3S. The normalized spacial score (nSPS) is 22.4. The quantitative estimate of drug-likeness (QED) is 0.566. The molecule has 1 aliphatic heterocycles. The van der Waals surface area contributed by atoms with E-state index in [1.807, 2.05) is 6.92 Å². The van der Waals surface area contributed by atoms with E-state index in [2.05, 4.69) is 17.2 Å². The second-order valence-corrected chi connectivity index (χ2v) is 6.91. The van der Waals surface area contributed by atoms with E-state index in [4.69, 9.17) is 10.5 Å². The van der Waals surface area contributed by atoms with E-state index in [0.717, 1.165) is 33.8 Å². The number of hydrogen-bond donors (Lipinski definition) is 3. The zero-order valence-electron chi connectivity index (χ0n) is 13.2. The Hall–Kier alpha value is -1.97. The van der Waals surface area contributed by atoms with E-state index in [1.165, 1.54) is 0 Å². The smallest absolute Gasteiger partial charge is 0.339 e. The monoisotopic (exact) mass is 332 g/mol. The van der Waals surface area contributed by atoms with Crippen molar-refractivity contribution in [3.8, 4) is 11.8 Å². The number of carbonyl (C=O) groups is 1. The first-order valence-electron chi connectivity index (χ1n) is 7.68. The van der Waals surface area contributed by atoms with E-state index in [9.17, 15) is 9.90 Å². The van der Waals surface area contributed by atoms with Crippen LogP contribution in [0, 0.1) is 11.8 Å². The predicted molar refractivity (Wildman–Crippen MR) is 91.0 cm³/mol. The number of nitrogens with one attached hydrogen (secondary N) is 1. The molecule has 1 aliphatic carbocycles. The highest BCUT2D eigenvalue weighted by Gasteiger charge is 2.34. The number of aliphatic hydroxyl groups excluding tert-OH is 1. The van der Waals surface area contributed by atoms with Gasteiger partial charge in [-0.05, 0) is 32.3 Å². The molecule has 0 spiro atoms. The molecule has 6 heteroatoms. The summed E-state index contributed by atoms with van der Waals surface area (Å²) < 4.78 is 5.19. The van der Waals surface area contributed by atoms with Crippen LogP contribution >= 0.6 is 11.3 Å². The number of nitrogens with two attached hydrogens (primary N) is 1. The molecule has 2 atom stereocenters. The van der Waals surface area contributed by atoms with Crippen molar-refractivity contribution in [1.29, 1.82) is 0 Å². The van der Waals surface area contributed by atoms with Gasteiger partial charge in [0.25, 0.3) is 0 Å². The van der Waals surface area contributed by atoms with Gasteiger partial charge in [-0.1, -0.05) is 5.92 Å². The van der Waals surface area contributed by atoms with Crippen molar-refractivity contribution < 1.29 is 14.6 Å². The van der Waals surface area contributed by atoms with Crippen molar-refractivity contribution in [2.45, 2.75) is 45.3 Å². The van der Waals surface area contributed by atoms with Gasteiger partial charge in [0.15, 0.2) is 6.61 Å². The zero-order valence-corrected chi connectivity index (χ0v) is 14.0. The van der Waals surface area contributed by atoms with Gasteiger partial charge in [0.05, 0.1) is 28.4 Å². The molecular weight excluding hydrogens is 312 g/mol. The van der Waals surface area contributed by atoms with Crippen molar-refractivity contribution >= 4 is 28.0 Å². The Morgan fingerprint density at radius 2 is 2.35 bits per heavy atom. The highest BCUT2D eigenvalue weighted by Crippen LogP contribution is 2.44. The SMILES string of the molecule is CC#CCOC(=O)C1=C(N)c2c(sc3c2CC[C@@H](O)C3)N[C@@H]1C. The largest absolute Gasteiger partial charge is 0.449 e. The number of ether oxygens (including phenoxy) is 1. The van der Waals surface area contributed by atoms with E-state index in [0.29, 0.717) is 17.7 Å². The minimum Gasteiger partial charge on any atom is -0.449 e. The van der Waals surface area contributed by atoms with Gasteiger partial charge in [-0.15, -0.1) is 17.3 Å². The summed E-state index contributed by atoms with van der Waals surface area (Å²) in [4.78, 5) is 13.5. The minimum atomic E-state index is -0.424. The Morgan fingerprint density at radius 1 is 1.57 bits per heavy atom. The molecule has 2 aliphatic rings. The van der Waals surface area contributed by atoms with Crippen molar-refractivity contribution in [3.05, 3.63) is 21.6 Å². The standard InChI is InChI=1S/C17H20N2O3S/c1-3-4-7-22-17(21)13-9(2)19-16-14(15(13)18)11-6-5-10(20)8-12(11)23-16/h9-10,19-20H,5-8,18H2,1-2H3/t9-,10-/m1/s1. The van der Waals surface area contributed by atoms with Crippen LogP contribution in [-0.4, -0.2) is 29.8 Å². The number of thiophene rings is 1. The summed E-state index contributed by atoms with van der Waals surface area (Å²) >= 11 is 1.62. The Labute approximate surface area is 139 Å². The predicted octanol–water partition coefficient (Wildman–Crippen LogP) is 1.65. The Kier molecular flexibility index (Phi) is 4.33. The second kappa shape index (κ2) is 6.26. The molecule has 0 aromatic carbocycles. The summed E-state index contributed by atoms with van der Waals surface area (Å²) in [5.41, 5.74) is 9.37. The molecule has 0 bridgehead atoms. The lowest BCUT2D eigenvalue weighted by atomic mass is 9.89. The van der Waals surface area contributed by atoms with Crippen LogP contribution in [0.1, 0.15) is 36.3 Å². The van der Waals surface area contributed by atoms with Gasteiger partial charge in [-0.3, -0.25) is 0 Å². The van der Waals surface area contributed by atoms with Crippen molar-refractivity contribution in [2.24, 2.45) is 5.73 Å². The molecule has 5 nitrogen and oxygen atoms in total. The van der Waals surface area contributed by atoms with Crippen LogP contribution in [0.3, 0.4) is 0 Å². The number of esters is 1. The molecule has 0 fully saturated rings. The van der Waals surface area contributed by atoms with Gasteiger partial charge in [-0.25, -0.2) is 4.79 Å². The van der Waals surface area contributed by atoms with Crippen LogP contribution < -0.4 is 11.1 Å². The third-order valence-electron chi connectivity index (χ3n) is 4.25. The molecule has 1 aromatic rings. The lowest BCUT2D eigenvalue weighted by Gasteiger charge is -2.26. The highest BCUT2D eigenvalue weighted by atomic mass is 32.1. The minimum absolute atomic E-state index is 0.0691. The topological polar surface area (TPSA) is 84.6 Å². The van der Waals surface area contributed by atoms with E-state index < -0.39 is 5.97 Å². The first-order valence-corrected chi connectivity index (χ1v) is 8.50. The average Bonchev–Trinajstić information content (AvgIpc) is 2.84. The van der Waals surface area contributed by atoms with Crippen LogP contribution in [0.15, 0.2) is 5.57 Å². The number of anilines is 1. The summed E-state index contributed by atoms with van der Waals surface area (Å²) in [6, 6.07) is -0.213. The summed E-state index contributed by atoms with van der Waals surface area (Å²) in [5, 5.41) is 14.2. The fraction of sp³-hybridized carbons (Fsp3) is 0.471.